The minimum absolute atomic E-state index is 0.165. The summed E-state index contributed by atoms with van der Waals surface area (Å²) < 4.78 is 0. The third kappa shape index (κ3) is 5.74. The molecular weight excluding hydrogens is 278 g/mol. The maximum atomic E-state index is 9.50. The summed E-state index contributed by atoms with van der Waals surface area (Å²) in [5.74, 6) is 0.911. The Morgan fingerprint density at radius 3 is 2.68 bits per heavy atom. The van der Waals surface area contributed by atoms with Gasteiger partial charge in [-0.2, -0.15) is 11.8 Å². The number of aliphatic hydroxyl groups excluding tert-OH is 1. The van der Waals surface area contributed by atoms with Crippen LogP contribution in [-0.2, 0) is 5.75 Å². The highest BCUT2D eigenvalue weighted by Crippen LogP contribution is 2.27. The number of hydrogen-bond donors (Lipinski definition) is 2. The second-order valence-corrected chi connectivity index (χ2v) is 7.00. The van der Waals surface area contributed by atoms with E-state index in [4.69, 9.17) is 11.6 Å². The molecule has 1 aromatic carbocycles. The first-order valence-electron chi connectivity index (χ1n) is 6.71. The van der Waals surface area contributed by atoms with Crippen molar-refractivity contribution in [1.29, 1.82) is 0 Å². The maximum Gasteiger partial charge on any atom is 0.0611 e. The lowest BCUT2D eigenvalue weighted by Gasteiger charge is -2.31. The van der Waals surface area contributed by atoms with E-state index < -0.39 is 0 Å². The van der Waals surface area contributed by atoms with Crippen molar-refractivity contribution < 1.29 is 5.11 Å². The van der Waals surface area contributed by atoms with Gasteiger partial charge < -0.3 is 10.4 Å². The number of nitrogens with one attached hydrogen (secondary N) is 1. The van der Waals surface area contributed by atoms with Crippen LogP contribution in [0, 0.1) is 0 Å². The number of aliphatic hydroxyl groups is 1. The number of benzene rings is 1. The Hall–Kier alpha value is -0.220. The Bertz CT molecular complexity index is 388. The molecule has 1 aromatic rings. The SMILES string of the molecule is CCNC(C)(CO)CC(C)SCc1ccccc1Cl. The molecular formula is C15H24ClNOS. The van der Waals surface area contributed by atoms with E-state index in [0.717, 1.165) is 23.7 Å². The second kappa shape index (κ2) is 8.15. The molecule has 0 aliphatic rings. The molecule has 0 heterocycles. The first-order chi connectivity index (χ1) is 9.00. The van der Waals surface area contributed by atoms with Crippen LogP contribution in [0.25, 0.3) is 0 Å². The Kier molecular flexibility index (Phi) is 7.22. The number of hydrogen-bond acceptors (Lipinski definition) is 3. The lowest BCUT2D eigenvalue weighted by molar-refractivity contribution is 0.168. The summed E-state index contributed by atoms with van der Waals surface area (Å²) in [5, 5.41) is 14.2. The number of halogens is 1. The molecule has 0 spiro atoms. The average molecular weight is 302 g/mol. The standard InChI is InChI=1S/C15H24ClNOS/c1-4-17-15(3,11-18)9-12(2)19-10-13-7-5-6-8-14(13)16/h5-8,12,17-18H,4,9-11H2,1-3H3. The fourth-order valence-corrected chi connectivity index (χ4v) is 3.64. The average Bonchev–Trinajstić information content (AvgIpc) is 2.38. The van der Waals surface area contributed by atoms with Crippen LogP contribution in [0.4, 0.5) is 0 Å². The number of thioether (sulfide) groups is 1. The molecule has 0 fully saturated rings. The maximum absolute atomic E-state index is 9.50. The fraction of sp³-hybridized carbons (Fsp3) is 0.600. The van der Waals surface area contributed by atoms with Crippen LogP contribution in [0.5, 0.6) is 0 Å². The van der Waals surface area contributed by atoms with Crippen molar-refractivity contribution in [3.05, 3.63) is 34.9 Å². The molecule has 2 N–H and O–H groups in total. The predicted octanol–water partition coefficient (Wildman–Crippen LogP) is 3.71. The van der Waals surface area contributed by atoms with Crippen LogP contribution in [0.15, 0.2) is 24.3 Å². The van der Waals surface area contributed by atoms with Crippen LogP contribution >= 0.6 is 23.4 Å². The normalized spacial score (nSPS) is 16.1. The molecule has 1 rings (SSSR count). The molecule has 0 bridgehead atoms. The van der Waals surface area contributed by atoms with E-state index in [1.54, 1.807) is 0 Å². The first-order valence-corrected chi connectivity index (χ1v) is 8.14. The van der Waals surface area contributed by atoms with Gasteiger partial charge in [0.15, 0.2) is 0 Å². The molecule has 0 aliphatic carbocycles. The zero-order valence-electron chi connectivity index (χ0n) is 11.9. The number of likely N-dealkylation sites (N-methyl/N-ethyl adjacent to an activating group) is 1. The summed E-state index contributed by atoms with van der Waals surface area (Å²) in [6.07, 6.45) is 0.937. The van der Waals surface area contributed by atoms with Crippen molar-refractivity contribution in [3.8, 4) is 0 Å². The van der Waals surface area contributed by atoms with Crippen LogP contribution in [0.3, 0.4) is 0 Å². The summed E-state index contributed by atoms with van der Waals surface area (Å²) in [5.41, 5.74) is 0.983. The molecule has 2 nitrogen and oxygen atoms in total. The topological polar surface area (TPSA) is 32.3 Å². The van der Waals surface area contributed by atoms with E-state index in [2.05, 4.69) is 32.2 Å². The summed E-state index contributed by atoms with van der Waals surface area (Å²) in [6.45, 7) is 7.38. The highest BCUT2D eigenvalue weighted by molar-refractivity contribution is 7.99. The monoisotopic (exact) mass is 301 g/mol. The molecule has 2 atom stereocenters. The first kappa shape index (κ1) is 16.8. The van der Waals surface area contributed by atoms with Gasteiger partial charge in [-0.3, -0.25) is 0 Å². The van der Waals surface area contributed by atoms with E-state index in [0.29, 0.717) is 5.25 Å². The Balaban J connectivity index is 2.47. The van der Waals surface area contributed by atoms with Gasteiger partial charge in [0.2, 0.25) is 0 Å². The molecule has 0 saturated heterocycles. The molecule has 0 aromatic heterocycles. The molecule has 2 unspecified atom stereocenters. The van der Waals surface area contributed by atoms with Gasteiger partial charge in [0, 0.05) is 21.6 Å². The molecule has 4 heteroatoms. The third-order valence-corrected chi connectivity index (χ3v) is 4.75. The summed E-state index contributed by atoms with van der Waals surface area (Å²) >= 11 is 8.03. The lowest BCUT2D eigenvalue weighted by atomic mass is 9.97. The highest BCUT2D eigenvalue weighted by Gasteiger charge is 2.24. The van der Waals surface area contributed by atoms with E-state index in [1.807, 2.05) is 30.0 Å². The lowest BCUT2D eigenvalue weighted by Crippen LogP contribution is -2.47. The molecule has 0 saturated carbocycles. The predicted molar refractivity (Wildman–Crippen MR) is 86.0 cm³/mol. The Morgan fingerprint density at radius 1 is 1.42 bits per heavy atom. The van der Waals surface area contributed by atoms with Crippen LogP contribution < -0.4 is 5.32 Å². The van der Waals surface area contributed by atoms with Gasteiger partial charge in [-0.1, -0.05) is 43.6 Å². The zero-order chi connectivity index (χ0) is 14.3. The van der Waals surface area contributed by atoms with E-state index in [9.17, 15) is 5.11 Å². The molecule has 19 heavy (non-hydrogen) atoms. The van der Waals surface area contributed by atoms with Gasteiger partial charge in [-0.15, -0.1) is 0 Å². The Morgan fingerprint density at radius 2 is 2.11 bits per heavy atom. The molecule has 0 radical (unpaired) electrons. The van der Waals surface area contributed by atoms with Gasteiger partial charge in [0.05, 0.1) is 6.61 Å². The zero-order valence-corrected chi connectivity index (χ0v) is 13.5. The smallest absolute Gasteiger partial charge is 0.0611 e. The fourth-order valence-electron chi connectivity index (χ4n) is 2.16. The quantitative estimate of drug-likeness (QED) is 0.768. The largest absolute Gasteiger partial charge is 0.394 e. The van der Waals surface area contributed by atoms with Gasteiger partial charge in [0.25, 0.3) is 0 Å². The van der Waals surface area contributed by atoms with Gasteiger partial charge in [-0.05, 0) is 31.5 Å². The molecule has 0 amide bonds. The molecule has 108 valence electrons. The molecule has 0 aliphatic heterocycles. The van der Waals surface area contributed by atoms with Crippen molar-refractivity contribution >= 4 is 23.4 Å². The summed E-state index contributed by atoms with van der Waals surface area (Å²) in [6, 6.07) is 7.97. The van der Waals surface area contributed by atoms with Crippen molar-refractivity contribution in [2.75, 3.05) is 13.2 Å². The van der Waals surface area contributed by atoms with Crippen molar-refractivity contribution in [2.45, 2.75) is 43.7 Å². The Labute approximate surface area is 125 Å². The van der Waals surface area contributed by atoms with Crippen LogP contribution in [-0.4, -0.2) is 29.0 Å². The van der Waals surface area contributed by atoms with Gasteiger partial charge in [-0.25, -0.2) is 0 Å². The third-order valence-electron chi connectivity index (χ3n) is 3.17. The van der Waals surface area contributed by atoms with Crippen molar-refractivity contribution in [3.63, 3.8) is 0 Å². The highest BCUT2D eigenvalue weighted by atomic mass is 35.5. The second-order valence-electron chi connectivity index (χ2n) is 5.17. The van der Waals surface area contributed by atoms with Crippen molar-refractivity contribution in [2.24, 2.45) is 0 Å². The minimum Gasteiger partial charge on any atom is -0.394 e. The van der Waals surface area contributed by atoms with Crippen LogP contribution in [0.1, 0.15) is 32.8 Å². The van der Waals surface area contributed by atoms with E-state index in [1.165, 1.54) is 5.56 Å². The van der Waals surface area contributed by atoms with Gasteiger partial charge >= 0.3 is 0 Å². The van der Waals surface area contributed by atoms with Crippen LogP contribution in [0.2, 0.25) is 5.02 Å². The number of rotatable bonds is 8. The van der Waals surface area contributed by atoms with Gasteiger partial charge in [0.1, 0.15) is 0 Å². The minimum atomic E-state index is -0.193. The van der Waals surface area contributed by atoms with E-state index in [-0.39, 0.29) is 12.1 Å². The summed E-state index contributed by atoms with van der Waals surface area (Å²) in [4.78, 5) is 0. The summed E-state index contributed by atoms with van der Waals surface area (Å²) in [7, 11) is 0. The van der Waals surface area contributed by atoms with Crippen molar-refractivity contribution in [1.82, 2.24) is 5.32 Å². The van der Waals surface area contributed by atoms with E-state index >= 15 is 0 Å².